The number of hydrogen-bond acceptors (Lipinski definition) is 1. The average molecular weight is 371 g/mol. The van der Waals surface area contributed by atoms with E-state index in [9.17, 15) is 4.79 Å². The van der Waals surface area contributed by atoms with E-state index in [-0.39, 0.29) is 5.78 Å². The number of rotatable bonds is 2. The molecule has 2 nitrogen and oxygen atoms in total. The molecule has 1 aromatic heterocycles. The molecule has 2 rings (SSSR count). The van der Waals surface area contributed by atoms with Crippen molar-refractivity contribution in [3.05, 3.63) is 55.2 Å². The van der Waals surface area contributed by atoms with Crippen molar-refractivity contribution in [2.45, 2.75) is 20.8 Å². The van der Waals surface area contributed by atoms with Crippen molar-refractivity contribution in [1.82, 2.24) is 4.98 Å². The minimum atomic E-state index is 0.0167. The lowest BCUT2D eigenvalue weighted by Gasteiger charge is -2.04. The fourth-order valence-electron chi connectivity index (χ4n) is 1.88. The molecule has 0 unspecified atom stereocenters. The molecule has 2 aromatic rings. The third-order valence-corrected chi connectivity index (χ3v) is 4.36. The predicted octanol–water partition coefficient (Wildman–Crippen LogP) is 4.70. The number of aromatic nitrogens is 1. The van der Waals surface area contributed by atoms with Crippen LogP contribution in [0.5, 0.6) is 0 Å². The molecule has 0 radical (unpaired) electrons. The number of carbonyl (C=O) groups is 1. The van der Waals surface area contributed by atoms with Crippen LogP contribution in [0.4, 0.5) is 0 Å². The monoisotopic (exact) mass is 369 g/mol. The van der Waals surface area contributed by atoms with E-state index in [2.05, 4.69) is 36.8 Å². The van der Waals surface area contributed by atoms with Gasteiger partial charge in [-0.05, 0) is 66.0 Å². The molecule has 0 fully saturated rings. The third-order valence-electron chi connectivity index (χ3n) is 3.22. The van der Waals surface area contributed by atoms with Gasteiger partial charge >= 0.3 is 0 Å². The number of carbonyl (C=O) groups excluding carboxylic acids is 1. The summed E-state index contributed by atoms with van der Waals surface area (Å²) in [6.07, 6.45) is 0. The number of ketones is 1. The van der Waals surface area contributed by atoms with Crippen LogP contribution < -0.4 is 0 Å². The molecule has 0 bridgehead atoms. The highest BCUT2D eigenvalue weighted by Crippen LogP contribution is 2.26. The fourth-order valence-corrected chi connectivity index (χ4v) is 3.11. The second-order valence-corrected chi connectivity index (χ2v) is 6.10. The maximum Gasteiger partial charge on any atom is 0.210 e. The quantitative estimate of drug-likeness (QED) is 0.764. The van der Waals surface area contributed by atoms with Crippen molar-refractivity contribution in [2.75, 3.05) is 0 Å². The Morgan fingerprint density at radius 1 is 1.11 bits per heavy atom. The second kappa shape index (κ2) is 5.02. The molecule has 1 aromatic carbocycles. The van der Waals surface area contributed by atoms with Crippen LogP contribution in [0.2, 0.25) is 0 Å². The van der Waals surface area contributed by atoms with E-state index in [1.54, 1.807) is 0 Å². The fraction of sp³-hybridized carbons (Fsp3) is 0.214. The van der Waals surface area contributed by atoms with Gasteiger partial charge < -0.3 is 4.98 Å². The first-order valence-corrected chi connectivity index (χ1v) is 7.16. The van der Waals surface area contributed by atoms with Gasteiger partial charge in [-0.25, -0.2) is 0 Å². The number of nitrogens with one attached hydrogen (secondary N) is 1. The van der Waals surface area contributed by atoms with E-state index in [0.717, 1.165) is 25.8 Å². The zero-order valence-electron chi connectivity index (χ0n) is 10.4. The first kappa shape index (κ1) is 13.6. The Labute approximate surface area is 123 Å². The molecular weight excluding hydrogens is 358 g/mol. The van der Waals surface area contributed by atoms with Crippen molar-refractivity contribution >= 4 is 37.6 Å². The van der Waals surface area contributed by atoms with Crippen molar-refractivity contribution in [1.29, 1.82) is 0 Å². The molecule has 1 heterocycles. The van der Waals surface area contributed by atoms with Gasteiger partial charge in [0.15, 0.2) is 0 Å². The minimum Gasteiger partial charge on any atom is -0.356 e. The summed E-state index contributed by atoms with van der Waals surface area (Å²) in [5, 5.41) is 0. The van der Waals surface area contributed by atoms with E-state index in [4.69, 9.17) is 0 Å². The lowest BCUT2D eigenvalue weighted by Crippen LogP contribution is -2.04. The number of aryl methyl sites for hydroxylation is 1. The Kier molecular flexibility index (Phi) is 3.78. The first-order chi connectivity index (χ1) is 8.41. The summed E-state index contributed by atoms with van der Waals surface area (Å²) in [7, 11) is 0. The lowest BCUT2D eigenvalue weighted by atomic mass is 10.0. The Balaban J connectivity index is 2.51. The molecule has 1 N–H and O–H groups in total. The predicted molar refractivity (Wildman–Crippen MR) is 80.3 cm³/mol. The van der Waals surface area contributed by atoms with Crippen LogP contribution in [0.1, 0.15) is 32.9 Å². The van der Waals surface area contributed by atoms with Gasteiger partial charge in [0.05, 0.1) is 5.69 Å². The van der Waals surface area contributed by atoms with Crippen molar-refractivity contribution in [2.24, 2.45) is 0 Å². The Hall–Kier alpha value is -0.870. The van der Waals surface area contributed by atoms with Gasteiger partial charge in [0.2, 0.25) is 5.78 Å². The van der Waals surface area contributed by atoms with Crippen LogP contribution in [0.3, 0.4) is 0 Å². The summed E-state index contributed by atoms with van der Waals surface area (Å²) in [5.74, 6) is 0.0167. The average Bonchev–Trinajstić information content (AvgIpc) is 2.56. The topological polar surface area (TPSA) is 32.9 Å². The van der Waals surface area contributed by atoms with Gasteiger partial charge in [-0.15, -0.1) is 0 Å². The van der Waals surface area contributed by atoms with Crippen LogP contribution >= 0.6 is 31.9 Å². The highest BCUT2D eigenvalue weighted by molar-refractivity contribution is 9.11. The second-order valence-electron chi connectivity index (χ2n) is 4.33. The SMILES string of the molecule is Cc1[nH]c(C(=O)c2ccc(Br)cc2Br)c(C)c1C. The zero-order chi connectivity index (χ0) is 13.4. The number of hydrogen-bond donors (Lipinski definition) is 1. The van der Waals surface area contributed by atoms with E-state index in [1.165, 1.54) is 0 Å². The summed E-state index contributed by atoms with van der Waals surface area (Å²) in [5.41, 5.74) is 4.55. The highest BCUT2D eigenvalue weighted by atomic mass is 79.9. The van der Waals surface area contributed by atoms with Gasteiger partial charge in [0.1, 0.15) is 0 Å². The first-order valence-electron chi connectivity index (χ1n) is 5.57. The standard InChI is InChI=1S/C14H13Br2NO/c1-7-8(2)13(17-9(7)3)14(18)11-5-4-10(15)6-12(11)16/h4-6,17H,1-3H3. The van der Waals surface area contributed by atoms with Gasteiger partial charge in [-0.3, -0.25) is 4.79 Å². The van der Waals surface area contributed by atoms with Crippen LogP contribution in [-0.4, -0.2) is 10.8 Å². The Morgan fingerprint density at radius 3 is 2.28 bits per heavy atom. The molecule has 0 aliphatic heterocycles. The van der Waals surface area contributed by atoms with Crippen LogP contribution in [-0.2, 0) is 0 Å². The van der Waals surface area contributed by atoms with Gasteiger partial charge in [0.25, 0.3) is 0 Å². The van der Waals surface area contributed by atoms with E-state index in [1.807, 2.05) is 39.0 Å². The van der Waals surface area contributed by atoms with Crippen molar-refractivity contribution in [3.63, 3.8) is 0 Å². The summed E-state index contributed by atoms with van der Waals surface area (Å²) in [6.45, 7) is 5.98. The molecule has 0 atom stereocenters. The number of H-pyrrole nitrogens is 1. The molecular formula is C14H13Br2NO. The maximum absolute atomic E-state index is 12.5. The number of aromatic amines is 1. The van der Waals surface area contributed by atoms with Crippen LogP contribution in [0.25, 0.3) is 0 Å². The third kappa shape index (κ3) is 2.31. The molecule has 94 valence electrons. The normalized spacial score (nSPS) is 10.7. The number of benzene rings is 1. The Bertz CT molecular complexity index is 629. The highest BCUT2D eigenvalue weighted by Gasteiger charge is 2.18. The van der Waals surface area contributed by atoms with Gasteiger partial charge in [0, 0.05) is 20.2 Å². The maximum atomic E-state index is 12.5. The summed E-state index contributed by atoms with van der Waals surface area (Å²) in [6, 6.07) is 5.57. The Morgan fingerprint density at radius 2 is 1.78 bits per heavy atom. The zero-order valence-corrected chi connectivity index (χ0v) is 13.6. The van der Waals surface area contributed by atoms with E-state index >= 15 is 0 Å². The smallest absolute Gasteiger partial charge is 0.210 e. The largest absolute Gasteiger partial charge is 0.356 e. The molecule has 18 heavy (non-hydrogen) atoms. The van der Waals surface area contributed by atoms with Crippen molar-refractivity contribution < 1.29 is 4.79 Å². The van der Waals surface area contributed by atoms with Gasteiger partial charge in [-0.2, -0.15) is 0 Å². The summed E-state index contributed by atoms with van der Waals surface area (Å²) in [4.78, 5) is 15.7. The molecule has 0 aliphatic carbocycles. The molecule has 0 saturated carbocycles. The molecule has 0 saturated heterocycles. The van der Waals surface area contributed by atoms with Crippen LogP contribution in [0.15, 0.2) is 27.1 Å². The van der Waals surface area contributed by atoms with Gasteiger partial charge in [-0.1, -0.05) is 15.9 Å². The van der Waals surface area contributed by atoms with E-state index < -0.39 is 0 Å². The van der Waals surface area contributed by atoms with Crippen molar-refractivity contribution in [3.8, 4) is 0 Å². The minimum absolute atomic E-state index is 0.0167. The molecule has 0 amide bonds. The molecule has 4 heteroatoms. The van der Waals surface area contributed by atoms with Crippen LogP contribution in [0, 0.1) is 20.8 Å². The molecule has 0 aliphatic rings. The number of halogens is 2. The summed E-state index contributed by atoms with van der Waals surface area (Å²) >= 11 is 6.81. The lowest BCUT2D eigenvalue weighted by molar-refractivity contribution is 0.103. The molecule has 0 spiro atoms. The van der Waals surface area contributed by atoms with E-state index in [0.29, 0.717) is 11.3 Å². The summed E-state index contributed by atoms with van der Waals surface area (Å²) < 4.78 is 1.74.